The van der Waals surface area contributed by atoms with Crippen molar-refractivity contribution >= 4 is 21.7 Å². The Kier molecular flexibility index (Phi) is 5.56. The highest BCUT2D eigenvalue weighted by Crippen LogP contribution is 2.22. The molecule has 0 unspecified atom stereocenters. The van der Waals surface area contributed by atoms with Crippen LogP contribution in [-0.2, 0) is 13.0 Å². The molecule has 0 atom stereocenters. The van der Waals surface area contributed by atoms with Crippen molar-refractivity contribution in [3.8, 4) is 5.75 Å². The molecule has 0 aliphatic carbocycles. The Hall–Kier alpha value is -1.62. The van der Waals surface area contributed by atoms with E-state index >= 15 is 0 Å². The SMILES string of the molecule is CCCc1nc(Br)cc(N(C)Cc2ccccc2OC)n1. The van der Waals surface area contributed by atoms with Crippen molar-refractivity contribution in [2.45, 2.75) is 26.3 Å². The first-order valence-electron chi connectivity index (χ1n) is 7.00. The van der Waals surface area contributed by atoms with Crippen LogP contribution in [0.25, 0.3) is 0 Å². The largest absolute Gasteiger partial charge is 0.496 e. The molecule has 5 heteroatoms. The van der Waals surface area contributed by atoms with Gasteiger partial charge in [0.15, 0.2) is 0 Å². The molecule has 112 valence electrons. The fraction of sp³-hybridized carbons (Fsp3) is 0.375. The standard InChI is InChI=1S/C16H20BrN3O/c1-4-7-15-18-14(17)10-16(19-15)20(2)11-12-8-5-6-9-13(12)21-3/h5-6,8-10H,4,7,11H2,1-3H3. The zero-order valence-electron chi connectivity index (χ0n) is 12.6. The Balaban J connectivity index is 2.21. The van der Waals surface area contributed by atoms with Crippen LogP contribution in [0.4, 0.5) is 5.82 Å². The quantitative estimate of drug-likeness (QED) is 0.742. The third-order valence-corrected chi connectivity index (χ3v) is 3.60. The minimum atomic E-state index is 0.735. The number of benzene rings is 1. The van der Waals surface area contributed by atoms with Crippen molar-refractivity contribution in [1.82, 2.24) is 9.97 Å². The summed E-state index contributed by atoms with van der Waals surface area (Å²) in [5.41, 5.74) is 1.13. The Bertz CT molecular complexity index is 604. The van der Waals surface area contributed by atoms with Crippen molar-refractivity contribution in [2.75, 3.05) is 19.1 Å². The van der Waals surface area contributed by atoms with Gasteiger partial charge in [0.25, 0.3) is 0 Å². The second kappa shape index (κ2) is 7.41. The summed E-state index contributed by atoms with van der Waals surface area (Å²) < 4.78 is 6.22. The van der Waals surface area contributed by atoms with Crippen LogP contribution >= 0.6 is 15.9 Å². The van der Waals surface area contributed by atoms with E-state index in [-0.39, 0.29) is 0 Å². The highest BCUT2D eigenvalue weighted by molar-refractivity contribution is 9.10. The average Bonchev–Trinajstić information content (AvgIpc) is 2.47. The lowest BCUT2D eigenvalue weighted by Gasteiger charge is -2.20. The summed E-state index contributed by atoms with van der Waals surface area (Å²) in [7, 11) is 3.72. The van der Waals surface area contributed by atoms with Gasteiger partial charge in [-0.2, -0.15) is 0 Å². The molecular weight excluding hydrogens is 330 g/mol. The number of hydrogen-bond acceptors (Lipinski definition) is 4. The number of aryl methyl sites for hydroxylation is 1. The van der Waals surface area contributed by atoms with Gasteiger partial charge in [0.2, 0.25) is 0 Å². The van der Waals surface area contributed by atoms with Crippen molar-refractivity contribution in [2.24, 2.45) is 0 Å². The van der Waals surface area contributed by atoms with Gasteiger partial charge in [0.1, 0.15) is 22.0 Å². The molecule has 0 saturated heterocycles. The molecule has 0 spiro atoms. The molecule has 0 aliphatic heterocycles. The smallest absolute Gasteiger partial charge is 0.133 e. The summed E-state index contributed by atoms with van der Waals surface area (Å²) in [6.07, 6.45) is 1.92. The first-order chi connectivity index (χ1) is 10.1. The van der Waals surface area contributed by atoms with Gasteiger partial charge in [-0.25, -0.2) is 9.97 Å². The molecule has 2 rings (SSSR count). The van der Waals surface area contributed by atoms with Crippen molar-refractivity contribution in [3.63, 3.8) is 0 Å². The van der Waals surface area contributed by atoms with Crippen LogP contribution in [0.1, 0.15) is 24.7 Å². The third-order valence-electron chi connectivity index (χ3n) is 3.19. The number of halogens is 1. The Morgan fingerprint density at radius 2 is 2.00 bits per heavy atom. The van der Waals surface area contributed by atoms with Gasteiger partial charge in [0, 0.05) is 31.6 Å². The first-order valence-corrected chi connectivity index (χ1v) is 7.79. The third kappa shape index (κ3) is 4.17. The van der Waals surface area contributed by atoms with Gasteiger partial charge in [-0.1, -0.05) is 25.1 Å². The fourth-order valence-corrected chi connectivity index (χ4v) is 2.56. The Labute approximate surface area is 134 Å². The lowest BCUT2D eigenvalue weighted by molar-refractivity contribution is 0.409. The van der Waals surface area contributed by atoms with Gasteiger partial charge in [-0.3, -0.25) is 0 Å². The van der Waals surface area contributed by atoms with Crippen LogP contribution in [0.15, 0.2) is 34.9 Å². The van der Waals surface area contributed by atoms with Gasteiger partial charge in [-0.05, 0) is 28.4 Å². The maximum Gasteiger partial charge on any atom is 0.133 e. The summed E-state index contributed by atoms with van der Waals surface area (Å²) in [5.74, 6) is 2.67. The monoisotopic (exact) mass is 349 g/mol. The summed E-state index contributed by atoms with van der Waals surface area (Å²) in [6.45, 7) is 2.86. The first kappa shape index (κ1) is 15.8. The molecule has 0 N–H and O–H groups in total. The Morgan fingerprint density at radius 1 is 1.24 bits per heavy atom. The highest BCUT2D eigenvalue weighted by Gasteiger charge is 2.10. The highest BCUT2D eigenvalue weighted by atomic mass is 79.9. The normalized spacial score (nSPS) is 10.5. The van der Waals surface area contributed by atoms with E-state index in [0.717, 1.165) is 46.9 Å². The van der Waals surface area contributed by atoms with Crippen LogP contribution in [0.3, 0.4) is 0 Å². The summed E-state index contributed by atoms with van der Waals surface area (Å²) >= 11 is 3.46. The van der Waals surface area contributed by atoms with E-state index in [0.29, 0.717) is 0 Å². The number of hydrogen-bond donors (Lipinski definition) is 0. The average molecular weight is 350 g/mol. The van der Waals surface area contributed by atoms with Gasteiger partial charge in [0.05, 0.1) is 7.11 Å². The maximum absolute atomic E-state index is 5.40. The molecule has 0 saturated carbocycles. The second-order valence-corrected chi connectivity index (χ2v) is 5.70. The molecule has 2 aromatic rings. The van der Waals surface area contributed by atoms with Gasteiger partial charge >= 0.3 is 0 Å². The van der Waals surface area contributed by atoms with E-state index in [9.17, 15) is 0 Å². The van der Waals surface area contributed by atoms with Crippen LogP contribution in [0.5, 0.6) is 5.75 Å². The molecule has 1 heterocycles. The minimum absolute atomic E-state index is 0.735. The minimum Gasteiger partial charge on any atom is -0.496 e. The van der Waals surface area contributed by atoms with Crippen LogP contribution in [0.2, 0.25) is 0 Å². The molecule has 21 heavy (non-hydrogen) atoms. The van der Waals surface area contributed by atoms with E-state index < -0.39 is 0 Å². The number of nitrogens with zero attached hydrogens (tertiary/aromatic N) is 3. The predicted molar refractivity (Wildman–Crippen MR) is 88.8 cm³/mol. The van der Waals surface area contributed by atoms with Crippen LogP contribution < -0.4 is 9.64 Å². The number of anilines is 1. The van der Waals surface area contributed by atoms with E-state index in [1.807, 2.05) is 31.3 Å². The Morgan fingerprint density at radius 3 is 2.71 bits per heavy atom. The number of para-hydroxylation sites is 1. The van der Waals surface area contributed by atoms with Crippen LogP contribution in [0, 0.1) is 0 Å². The maximum atomic E-state index is 5.40. The van der Waals surface area contributed by atoms with E-state index in [2.05, 4.69) is 43.8 Å². The number of methoxy groups -OCH3 is 1. The second-order valence-electron chi connectivity index (χ2n) is 4.88. The van der Waals surface area contributed by atoms with Gasteiger partial charge in [-0.15, -0.1) is 0 Å². The molecule has 0 fully saturated rings. The van der Waals surface area contributed by atoms with Crippen molar-refractivity contribution in [3.05, 3.63) is 46.3 Å². The molecule has 0 aliphatic rings. The molecular formula is C16H20BrN3O. The summed E-state index contributed by atoms with van der Waals surface area (Å²) in [4.78, 5) is 11.1. The zero-order valence-corrected chi connectivity index (χ0v) is 14.2. The molecule has 1 aromatic heterocycles. The fourth-order valence-electron chi connectivity index (χ4n) is 2.15. The number of aromatic nitrogens is 2. The molecule has 4 nitrogen and oxygen atoms in total. The van der Waals surface area contributed by atoms with Crippen LogP contribution in [-0.4, -0.2) is 24.1 Å². The lowest BCUT2D eigenvalue weighted by Crippen LogP contribution is -2.19. The molecule has 0 radical (unpaired) electrons. The summed E-state index contributed by atoms with van der Waals surface area (Å²) in [5, 5.41) is 0. The van der Waals surface area contributed by atoms with E-state index in [1.54, 1.807) is 7.11 Å². The van der Waals surface area contributed by atoms with Crippen molar-refractivity contribution < 1.29 is 4.74 Å². The number of rotatable bonds is 6. The molecule has 0 bridgehead atoms. The van der Waals surface area contributed by atoms with E-state index in [4.69, 9.17) is 4.74 Å². The van der Waals surface area contributed by atoms with Gasteiger partial charge < -0.3 is 9.64 Å². The lowest BCUT2D eigenvalue weighted by atomic mass is 10.2. The summed E-state index contributed by atoms with van der Waals surface area (Å²) in [6, 6.07) is 9.97. The predicted octanol–water partition coefficient (Wildman–Crippen LogP) is 3.84. The molecule has 1 aromatic carbocycles. The van der Waals surface area contributed by atoms with Crippen molar-refractivity contribution in [1.29, 1.82) is 0 Å². The topological polar surface area (TPSA) is 38.2 Å². The number of ether oxygens (including phenoxy) is 1. The molecule has 0 amide bonds. The van der Waals surface area contributed by atoms with E-state index in [1.165, 1.54) is 0 Å². The zero-order chi connectivity index (χ0) is 15.2.